The van der Waals surface area contributed by atoms with Gasteiger partial charge >= 0.3 is 6.03 Å². The van der Waals surface area contributed by atoms with E-state index in [0.717, 1.165) is 0 Å². The minimum absolute atomic E-state index is 0.251. The van der Waals surface area contributed by atoms with Crippen LogP contribution in [-0.4, -0.2) is 31.7 Å². The molecule has 0 aromatic carbocycles. The Bertz CT molecular complexity index is 168. The zero-order valence-electron chi connectivity index (χ0n) is 5.51. The van der Waals surface area contributed by atoms with Crippen molar-refractivity contribution in [3.05, 3.63) is 0 Å². The molecule has 1 unspecified atom stereocenters. The smallest absolute Gasteiger partial charge is 0.321 e. The molecule has 0 bridgehead atoms. The summed E-state index contributed by atoms with van der Waals surface area (Å²) < 4.78 is 4.72. The van der Waals surface area contributed by atoms with E-state index in [4.69, 9.17) is 4.74 Å². The number of imide groups is 1. The van der Waals surface area contributed by atoms with E-state index in [0.29, 0.717) is 0 Å². The van der Waals surface area contributed by atoms with Gasteiger partial charge in [-0.15, -0.1) is 0 Å². The van der Waals surface area contributed by atoms with Crippen LogP contribution in [0.3, 0.4) is 0 Å². The normalized spacial score (nSPS) is 25.5. The van der Waals surface area contributed by atoms with Crippen LogP contribution >= 0.6 is 0 Å². The van der Waals surface area contributed by atoms with E-state index >= 15 is 0 Å². The number of methoxy groups -OCH3 is 1. The summed E-state index contributed by atoms with van der Waals surface area (Å²) in [4.78, 5) is 21.2. The Morgan fingerprint density at radius 2 is 2.30 bits per heavy atom. The third kappa shape index (κ3) is 1.24. The molecular formula is C5H8N2O3. The van der Waals surface area contributed by atoms with Crippen molar-refractivity contribution in [2.24, 2.45) is 0 Å². The summed E-state index contributed by atoms with van der Waals surface area (Å²) in [6.45, 7) is 0.251. The summed E-state index contributed by atoms with van der Waals surface area (Å²) in [5, 5.41) is 4.48. The highest BCUT2D eigenvalue weighted by molar-refractivity contribution is 5.99. The number of urea groups is 1. The van der Waals surface area contributed by atoms with Gasteiger partial charge in [0, 0.05) is 7.11 Å². The van der Waals surface area contributed by atoms with Crippen molar-refractivity contribution in [3.8, 4) is 0 Å². The second kappa shape index (κ2) is 2.66. The number of hydrogen-bond donors (Lipinski definition) is 2. The Hall–Kier alpha value is -1.10. The zero-order chi connectivity index (χ0) is 7.56. The maximum atomic E-state index is 10.7. The topological polar surface area (TPSA) is 67.4 Å². The van der Waals surface area contributed by atoms with Gasteiger partial charge in [-0.05, 0) is 0 Å². The minimum Gasteiger partial charge on any atom is -0.370 e. The molecule has 1 aliphatic heterocycles. The summed E-state index contributed by atoms with van der Waals surface area (Å²) in [6, 6.07) is -0.460. The van der Waals surface area contributed by atoms with Crippen LogP contribution in [0.5, 0.6) is 0 Å². The van der Waals surface area contributed by atoms with Gasteiger partial charge in [-0.2, -0.15) is 0 Å². The van der Waals surface area contributed by atoms with Gasteiger partial charge in [0.2, 0.25) is 0 Å². The molecule has 10 heavy (non-hydrogen) atoms. The lowest BCUT2D eigenvalue weighted by Crippen LogP contribution is -2.55. The van der Waals surface area contributed by atoms with Crippen LogP contribution in [0.2, 0.25) is 0 Å². The van der Waals surface area contributed by atoms with E-state index < -0.39 is 12.1 Å². The molecule has 0 aromatic rings. The standard InChI is InChI=1S/C5H8N2O3/c1-10-3-2-6-5(9)7-4(3)8/h3H,2H2,1H3,(H2,6,7,8,9). The van der Waals surface area contributed by atoms with Gasteiger partial charge in [-0.1, -0.05) is 0 Å². The summed E-state index contributed by atoms with van der Waals surface area (Å²) >= 11 is 0. The SMILES string of the molecule is COC1CNC(=O)NC1=O. The quantitative estimate of drug-likeness (QED) is 0.488. The lowest BCUT2D eigenvalue weighted by Gasteiger charge is -2.20. The van der Waals surface area contributed by atoms with Gasteiger partial charge in [0.1, 0.15) is 0 Å². The average molecular weight is 144 g/mol. The van der Waals surface area contributed by atoms with Crippen molar-refractivity contribution in [3.63, 3.8) is 0 Å². The Kier molecular flexibility index (Phi) is 1.86. The molecule has 1 aliphatic rings. The van der Waals surface area contributed by atoms with Crippen LogP contribution in [0.1, 0.15) is 0 Å². The highest BCUT2D eigenvalue weighted by atomic mass is 16.5. The van der Waals surface area contributed by atoms with Gasteiger partial charge in [0.25, 0.3) is 5.91 Å². The summed E-state index contributed by atoms with van der Waals surface area (Å²) in [5.41, 5.74) is 0. The number of amides is 3. The summed E-state index contributed by atoms with van der Waals surface area (Å²) in [6.07, 6.45) is -0.544. The van der Waals surface area contributed by atoms with Crippen LogP contribution in [0, 0.1) is 0 Å². The zero-order valence-corrected chi connectivity index (χ0v) is 5.51. The molecule has 0 saturated carbocycles. The number of rotatable bonds is 1. The van der Waals surface area contributed by atoms with Gasteiger partial charge in [0.15, 0.2) is 6.10 Å². The lowest BCUT2D eigenvalue weighted by atomic mass is 10.3. The summed E-state index contributed by atoms with van der Waals surface area (Å²) in [5.74, 6) is -0.383. The molecule has 1 fully saturated rings. The fraction of sp³-hybridized carbons (Fsp3) is 0.600. The van der Waals surface area contributed by atoms with E-state index in [1.54, 1.807) is 0 Å². The fourth-order valence-electron chi connectivity index (χ4n) is 0.705. The first-order valence-electron chi connectivity index (χ1n) is 2.85. The number of carbonyl (C=O) groups is 2. The largest absolute Gasteiger partial charge is 0.370 e. The molecule has 0 aromatic heterocycles. The molecule has 0 radical (unpaired) electrons. The highest BCUT2D eigenvalue weighted by Gasteiger charge is 2.25. The number of hydrogen-bond acceptors (Lipinski definition) is 3. The lowest BCUT2D eigenvalue weighted by molar-refractivity contribution is -0.130. The Morgan fingerprint density at radius 1 is 1.60 bits per heavy atom. The van der Waals surface area contributed by atoms with E-state index in [1.165, 1.54) is 7.11 Å². The molecule has 1 heterocycles. The summed E-state index contributed by atoms with van der Waals surface area (Å²) in [7, 11) is 1.42. The van der Waals surface area contributed by atoms with E-state index in [-0.39, 0.29) is 12.5 Å². The first-order valence-corrected chi connectivity index (χ1v) is 2.85. The maximum absolute atomic E-state index is 10.7. The number of nitrogens with one attached hydrogen (secondary N) is 2. The molecule has 0 spiro atoms. The third-order valence-corrected chi connectivity index (χ3v) is 1.26. The van der Waals surface area contributed by atoms with Crippen molar-refractivity contribution in [2.75, 3.05) is 13.7 Å². The van der Waals surface area contributed by atoms with Crippen LogP contribution in [0.4, 0.5) is 4.79 Å². The van der Waals surface area contributed by atoms with Gasteiger partial charge < -0.3 is 10.1 Å². The molecule has 56 valence electrons. The van der Waals surface area contributed by atoms with Crippen molar-refractivity contribution in [2.45, 2.75) is 6.10 Å². The molecule has 1 atom stereocenters. The number of carbonyl (C=O) groups excluding carboxylic acids is 2. The van der Waals surface area contributed by atoms with Crippen molar-refractivity contribution in [1.29, 1.82) is 0 Å². The highest BCUT2D eigenvalue weighted by Crippen LogP contribution is 1.92. The average Bonchev–Trinajstić information content (AvgIpc) is 1.88. The van der Waals surface area contributed by atoms with Crippen molar-refractivity contribution >= 4 is 11.9 Å². The van der Waals surface area contributed by atoms with Gasteiger partial charge in [0.05, 0.1) is 6.54 Å². The maximum Gasteiger partial charge on any atom is 0.321 e. The second-order valence-corrected chi connectivity index (χ2v) is 1.92. The van der Waals surface area contributed by atoms with E-state index in [9.17, 15) is 9.59 Å². The van der Waals surface area contributed by atoms with Crippen LogP contribution in [0.15, 0.2) is 0 Å². The molecular weight excluding hydrogens is 136 g/mol. The molecule has 5 nitrogen and oxygen atoms in total. The Balaban J connectivity index is 2.51. The van der Waals surface area contributed by atoms with Crippen molar-refractivity contribution < 1.29 is 14.3 Å². The van der Waals surface area contributed by atoms with Crippen molar-refractivity contribution in [1.82, 2.24) is 10.6 Å². The minimum atomic E-state index is -0.544. The van der Waals surface area contributed by atoms with E-state index in [1.807, 2.05) is 0 Å². The molecule has 1 saturated heterocycles. The second-order valence-electron chi connectivity index (χ2n) is 1.92. The predicted octanol–water partition coefficient (Wildman–Crippen LogP) is -1.16. The van der Waals surface area contributed by atoms with Crippen LogP contribution in [0.25, 0.3) is 0 Å². The Labute approximate surface area is 57.7 Å². The van der Waals surface area contributed by atoms with E-state index in [2.05, 4.69) is 10.6 Å². The van der Waals surface area contributed by atoms with Gasteiger partial charge in [-0.25, -0.2) is 4.79 Å². The van der Waals surface area contributed by atoms with Gasteiger partial charge in [-0.3, -0.25) is 10.1 Å². The number of ether oxygens (including phenoxy) is 1. The molecule has 3 amide bonds. The first kappa shape index (κ1) is 7.01. The molecule has 2 N–H and O–H groups in total. The fourth-order valence-corrected chi connectivity index (χ4v) is 0.705. The third-order valence-electron chi connectivity index (χ3n) is 1.26. The molecule has 1 rings (SSSR count). The van der Waals surface area contributed by atoms with Crippen LogP contribution < -0.4 is 10.6 Å². The first-order chi connectivity index (χ1) is 4.74. The molecule has 0 aliphatic carbocycles. The predicted molar refractivity (Wildman–Crippen MR) is 32.3 cm³/mol. The van der Waals surface area contributed by atoms with Crippen LogP contribution in [-0.2, 0) is 9.53 Å². The molecule has 5 heteroatoms. The monoisotopic (exact) mass is 144 g/mol. The Morgan fingerprint density at radius 3 is 2.80 bits per heavy atom.